The van der Waals surface area contributed by atoms with Gasteiger partial charge in [-0.2, -0.15) is 0 Å². The molecule has 0 fully saturated rings. The van der Waals surface area contributed by atoms with Gasteiger partial charge in [0.25, 0.3) is 11.8 Å². The lowest BCUT2D eigenvalue weighted by atomic mass is 9.86. The van der Waals surface area contributed by atoms with Crippen LogP contribution in [0.2, 0.25) is 0 Å². The van der Waals surface area contributed by atoms with Crippen LogP contribution < -0.4 is 20.3 Å². The Balaban J connectivity index is 1.64. The van der Waals surface area contributed by atoms with Crippen LogP contribution in [0.3, 0.4) is 0 Å². The van der Waals surface area contributed by atoms with Crippen molar-refractivity contribution in [3.05, 3.63) is 64.0 Å². The fourth-order valence-corrected chi connectivity index (χ4v) is 3.86. The van der Waals surface area contributed by atoms with Gasteiger partial charge < -0.3 is 20.3 Å². The largest absolute Gasteiger partial charge is 0.482 e. The standard InChI is InChI=1S/C21H17BrFN3O4/c1-26-17-8-16(15(22)7-18(17)30-10-20(26)28)25-21(29)14-9-24-19(27)6-13(14)11-3-2-4-12(23)5-11/h2-5,7-9,13H,6,10H2,1H3,(H,24,27)(H,25,29). The number of halogens is 2. The predicted octanol–water partition coefficient (Wildman–Crippen LogP) is 3.07. The van der Waals surface area contributed by atoms with Gasteiger partial charge in [0.15, 0.2) is 6.61 Å². The second-order valence-corrected chi connectivity index (χ2v) is 7.83. The average Bonchev–Trinajstić information content (AvgIpc) is 2.72. The smallest absolute Gasteiger partial charge is 0.264 e. The van der Waals surface area contributed by atoms with E-state index in [2.05, 4.69) is 26.6 Å². The van der Waals surface area contributed by atoms with Crippen LogP contribution in [0, 0.1) is 5.82 Å². The Morgan fingerprint density at radius 2 is 2.10 bits per heavy atom. The number of hydrogen-bond acceptors (Lipinski definition) is 4. The first kappa shape index (κ1) is 20.1. The van der Waals surface area contributed by atoms with Gasteiger partial charge in [-0.1, -0.05) is 12.1 Å². The van der Waals surface area contributed by atoms with Crippen molar-refractivity contribution in [2.24, 2.45) is 0 Å². The van der Waals surface area contributed by atoms with Gasteiger partial charge in [-0.3, -0.25) is 14.4 Å². The number of nitrogens with zero attached hydrogens (tertiary/aromatic N) is 1. The summed E-state index contributed by atoms with van der Waals surface area (Å²) in [5, 5.41) is 5.35. The van der Waals surface area contributed by atoms with Crippen molar-refractivity contribution in [2.45, 2.75) is 12.3 Å². The Hall–Kier alpha value is -3.20. The number of ether oxygens (including phenoxy) is 1. The zero-order chi connectivity index (χ0) is 21.4. The Morgan fingerprint density at radius 3 is 2.87 bits per heavy atom. The normalized spacial score (nSPS) is 18.2. The zero-order valence-electron chi connectivity index (χ0n) is 15.9. The van der Waals surface area contributed by atoms with E-state index in [1.54, 1.807) is 31.3 Å². The maximum Gasteiger partial charge on any atom is 0.264 e. The molecule has 2 N–H and O–H groups in total. The van der Waals surface area contributed by atoms with Crippen LogP contribution in [0.4, 0.5) is 15.8 Å². The van der Waals surface area contributed by atoms with E-state index in [9.17, 15) is 18.8 Å². The first-order chi connectivity index (χ1) is 14.3. The highest BCUT2D eigenvalue weighted by Gasteiger charge is 2.30. The number of carbonyl (C=O) groups excluding carboxylic acids is 3. The second kappa shape index (κ2) is 7.91. The fraction of sp³-hybridized carbons (Fsp3) is 0.190. The van der Waals surface area contributed by atoms with Crippen LogP contribution >= 0.6 is 15.9 Å². The van der Waals surface area contributed by atoms with Crippen LogP contribution in [0.1, 0.15) is 17.9 Å². The molecule has 2 aliphatic rings. The van der Waals surface area contributed by atoms with Crippen LogP contribution in [0.15, 0.2) is 52.6 Å². The van der Waals surface area contributed by atoms with Crippen LogP contribution in [-0.2, 0) is 14.4 Å². The maximum atomic E-state index is 13.7. The Bertz CT molecular complexity index is 1100. The molecule has 2 heterocycles. The van der Waals surface area contributed by atoms with Gasteiger partial charge in [-0.15, -0.1) is 0 Å². The van der Waals surface area contributed by atoms with Crippen molar-refractivity contribution < 1.29 is 23.5 Å². The van der Waals surface area contributed by atoms with Crippen LogP contribution in [-0.4, -0.2) is 31.4 Å². The topological polar surface area (TPSA) is 87.7 Å². The molecule has 0 bridgehead atoms. The van der Waals surface area contributed by atoms with E-state index in [-0.39, 0.29) is 24.8 Å². The van der Waals surface area contributed by atoms with Crippen molar-refractivity contribution in [1.82, 2.24) is 5.32 Å². The summed E-state index contributed by atoms with van der Waals surface area (Å²) in [6, 6.07) is 9.15. The minimum atomic E-state index is -0.585. The number of hydrogen-bond donors (Lipinski definition) is 2. The van der Waals surface area contributed by atoms with E-state index < -0.39 is 17.6 Å². The molecule has 0 radical (unpaired) electrons. The summed E-state index contributed by atoms with van der Waals surface area (Å²) in [5.41, 5.74) is 1.79. The summed E-state index contributed by atoms with van der Waals surface area (Å²) >= 11 is 3.41. The molecule has 1 atom stereocenters. The number of anilines is 2. The van der Waals surface area contributed by atoms with Gasteiger partial charge in [0.1, 0.15) is 11.6 Å². The molecule has 154 valence electrons. The zero-order valence-corrected chi connectivity index (χ0v) is 17.5. The van der Waals surface area contributed by atoms with Gasteiger partial charge in [0, 0.05) is 35.6 Å². The number of likely N-dealkylation sites (N-methyl/N-ethyl adjacent to an activating group) is 1. The first-order valence-corrected chi connectivity index (χ1v) is 9.92. The fourth-order valence-electron chi connectivity index (χ4n) is 3.44. The predicted molar refractivity (Wildman–Crippen MR) is 112 cm³/mol. The minimum absolute atomic E-state index is 0.0269. The Labute approximate surface area is 180 Å². The molecule has 0 aromatic heterocycles. The van der Waals surface area contributed by atoms with Gasteiger partial charge in [0.05, 0.1) is 11.4 Å². The Morgan fingerprint density at radius 1 is 1.30 bits per heavy atom. The van der Waals surface area contributed by atoms with Crippen molar-refractivity contribution in [3.63, 3.8) is 0 Å². The van der Waals surface area contributed by atoms with Gasteiger partial charge in [-0.05, 0) is 45.8 Å². The molecule has 30 heavy (non-hydrogen) atoms. The highest BCUT2D eigenvalue weighted by molar-refractivity contribution is 9.10. The highest BCUT2D eigenvalue weighted by Crippen LogP contribution is 2.39. The number of benzene rings is 2. The molecular formula is C21H17BrFN3O4. The summed E-state index contributed by atoms with van der Waals surface area (Å²) in [6.07, 6.45) is 1.38. The quantitative estimate of drug-likeness (QED) is 0.716. The van der Waals surface area contributed by atoms with Gasteiger partial charge in [0.2, 0.25) is 5.91 Å². The molecule has 3 amide bonds. The van der Waals surface area contributed by atoms with E-state index in [1.807, 2.05) is 0 Å². The monoisotopic (exact) mass is 473 g/mol. The summed E-state index contributed by atoms with van der Waals surface area (Å²) in [5.74, 6) is -1.42. The summed E-state index contributed by atoms with van der Waals surface area (Å²) in [4.78, 5) is 38.3. The van der Waals surface area contributed by atoms with E-state index >= 15 is 0 Å². The second-order valence-electron chi connectivity index (χ2n) is 6.97. The molecule has 0 saturated heterocycles. The third-order valence-corrected chi connectivity index (χ3v) is 5.71. The molecular weight excluding hydrogens is 457 g/mol. The summed E-state index contributed by atoms with van der Waals surface area (Å²) in [6.45, 7) is -0.0520. The van der Waals surface area contributed by atoms with E-state index in [0.29, 0.717) is 32.7 Å². The molecule has 7 nitrogen and oxygen atoms in total. The lowest BCUT2D eigenvalue weighted by Gasteiger charge is -2.27. The molecule has 4 rings (SSSR count). The number of fused-ring (bicyclic) bond motifs is 1. The highest BCUT2D eigenvalue weighted by atomic mass is 79.9. The van der Waals surface area contributed by atoms with Crippen LogP contribution in [0.25, 0.3) is 0 Å². The average molecular weight is 474 g/mol. The van der Waals surface area contributed by atoms with E-state index in [4.69, 9.17) is 4.74 Å². The van der Waals surface area contributed by atoms with E-state index in [0.717, 1.165) is 0 Å². The number of rotatable bonds is 3. The van der Waals surface area contributed by atoms with E-state index in [1.165, 1.54) is 23.2 Å². The number of nitrogens with one attached hydrogen (secondary N) is 2. The molecule has 1 unspecified atom stereocenters. The number of carbonyl (C=O) groups is 3. The van der Waals surface area contributed by atoms with Crippen LogP contribution in [0.5, 0.6) is 5.75 Å². The molecule has 2 aliphatic heterocycles. The molecule has 0 spiro atoms. The van der Waals surface area contributed by atoms with Crippen molar-refractivity contribution in [3.8, 4) is 5.75 Å². The van der Waals surface area contributed by atoms with Gasteiger partial charge >= 0.3 is 0 Å². The molecule has 0 saturated carbocycles. The lowest BCUT2D eigenvalue weighted by Crippen LogP contribution is -2.35. The third kappa shape index (κ3) is 3.80. The number of amides is 3. The van der Waals surface area contributed by atoms with Crippen molar-refractivity contribution >= 4 is 45.0 Å². The van der Waals surface area contributed by atoms with Crippen molar-refractivity contribution in [1.29, 1.82) is 0 Å². The summed E-state index contributed by atoms with van der Waals surface area (Å²) < 4.78 is 19.7. The third-order valence-electron chi connectivity index (χ3n) is 5.05. The molecule has 0 aliphatic carbocycles. The summed E-state index contributed by atoms with van der Waals surface area (Å²) in [7, 11) is 1.63. The minimum Gasteiger partial charge on any atom is -0.482 e. The molecule has 2 aromatic carbocycles. The molecule has 9 heteroatoms. The Kier molecular flexibility index (Phi) is 5.29. The van der Waals surface area contributed by atoms with Gasteiger partial charge in [-0.25, -0.2) is 4.39 Å². The molecule has 2 aromatic rings. The first-order valence-electron chi connectivity index (χ1n) is 9.12. The lowest BCUT2D eigenvalue weighted by molar-refractivity contribution is -0.121. The maximum absolute atomic E-state index is 13.7. The van der Waals surface area contributed by atoms with Crippen molar-refractivity contribution in [2.75, 3.05) is 23.9 Å². The SMILES string of the molecule is CN1C(=O)COc2cc(Br)c(NC(=O)C3=CNC(=O)CC3c3cccc(F)c3)cc21.